The molecule has 0 saturated carbocycles. The van der Waals surface area contributed by atoms with Crippen LogP contribution in [-0.4, -0.2) is 14.6 Å². The van der Waals surface area contributed by atoms with Gasteiger partial charge in [0.2, 0.25) is 0 Å². The Hall–Kier alpha value is -1.58. The first-order valence-corrected chi connectivity index (χ1v) is 6.60. The molecule has 0 saturated heterocycles. The quantitative estimate of drug-likeness (QED) is 0.903. The minimum atomic E-state index is -0.0383. The summed E-state index contributed by atoms with van der Waals surface area (Å²) in [5.74, 6) is 0.871. The number of rotatable bonds is 4. The number of nitrogens with zero attached hydrogens (tertiary/aromatic N) is 2. The summed E-state index contributed by atoms with van der Waals surface area (Å²) in [6.45, 7) is 8.49. The maximum Gasteiger partial charge on any atom is 0.271 e. The van der Waals surface area contributed by atoms with Crippen LogP contribution in [-0.2, 0) is 11.8 Å². The van der Waals surface area contributed by atoms with Crippen LogP contribution < -0.4 is 5.56 Å². The lowest BCUT2D eigenvalue weighted by Crippen LogP contribution is -2.19. The molecule has 98 valence electrons. The van der Waals surface area contributed by atoms with Crippen molar-refractivity contribution in [3.8, 4) is 0 Å². The van der Waals surface area contributed by atoms with E-state index in [1.807, 2.05) is 6.07 Å². The van der Waals surface area contributed by atoms with Gasteiger partial charge in [-0.15, -0.1) is 0 Å². The van der Waals surface area contributed by atoms with Crippen LogP contribution in [0, 0.1) is 0 Å². The third kappa shape index (κ3) is 2.19. The average molecular weight is 247 g/mol. The van der Waals surface area contributed by atoms with E-state index in [9.17, 15) is 4.79 Å². The Bertz CT molecular complexity index is 607. The predicted molar refractivity (Wildman–Crippen MR) is 73.1 cm³/mol. The van der Waals surface area contributed by atoms with Crippen molar-refractivity contribution in [1.82, 2.24) is 14.6 Å². The van der Waals surface area contributed by atoms with E-state index in [-0.39, 0.29) is 11.0 Å². The number of H-pyrrole nitrogens is 1. The fraction of sp³-hybridized carbons (Fsp3) is 0.571. The molecule has 0 aliphatic heterocycles. The largest absolute Gasteiger partial charge is 0.276 e. The highest BCUT2D eigenvalue weighted by Gasteiger charge is 2.22. The number of aromatic nitrogens is 3. The molecule has 1 N–H and O–H groups in total. The normalized spacial score (nSPS) is 12.2. The molecule has 4 nitrogen and oxygen atoms in total. The van der Waals surface area contributed by atoms with Crippen molar-refractivity contribution in [3.05, 3.63) is 33.9 Å². The molecule has 2 heterocycles. The van der Waals surface area contributed by atoms with Gasteiger partial charge in [-0.2, -0.15) is 0 Å². The van der Waals surface area contributed by atoms with Gasteiger partial charge in [0.15, 0.2) is 5.65 Å². The van der Waals surface area contributed by atoms with E-state index in [0.717, 1.165) is 36.3 Å². The van der Waals surface area contributed by atoms with E-state index in [4.69, 9.17) is 0 Å². The second-order valence-electron chi connectivity index (χ2n) is 5.46. The monoisotopic (exact) mass is 247 g/mol. The fourth-order valence-corrected chi connectivity index (χ4v) is 1.95. The highest BCUT2D eigenvalue weighted by Crippen LogP contribution is 2.23. The molecule has 0 bridgehead atoms. The lowest BCUT2D eigenvalue weighted by Gasteiger charge is -2.18. The van der Waals surface area contributed by atoms with Crippen LogP contribution in [0.1, 0.15) is 51.9 Å². The van der Waals surface area contributed by atoms with Crippen molar-refractivity contribution in [2.45, 2.75) is 52.4 Å². The molecular formula is C14H21N3O. The van der Waals surface area contributed by atoms with Crippen LogP contribution >= 0.6 is 0 Å². The lowest BCUT2D eigenvalue weighted by molar-refractivity contribution is 0.472. The Morgan fingerprint density at radius 3 is 2.67 bits per heavy atom. The standard InChI is InChI=1S/C14H21N3O/c1-5-7-10-8-11-15-13(14(3,4)6-2)16-17(11)12(18)9-10/h8-9H,5-7H2,1-4H3,(H,15,16). The van der Waals surface area contributed by atoms with Gasteiger partial charge in [0.25, 0.3) is 5.56 Å². The summed E-state index contributed by atoms with van der Waals surface area (Å²) in [6, 6.07) is 3.69. The number of aromatic amines is 1. The summed E-state index contributed by atoms with van der Waals surface area (Å²) in [7, 11) is 0. The molecule has 2 rings (SSSR count). The van der Waals surface area contributed by atoms with E-state index in [1.165, 1.54) is 4.52 Å². The molecule has 2 aromatic rings. The lowest BCUT2D eigenvalue weighted by atomic mass is 9.90. The number of fused-ring (bicyclic) bond motifs is 1. The van der Waals surface area contributed by atoms with Gasteiger partial charge in [-0.05, 0) is 24.5 Å². The van der Waals surface area contributed by atoms with Crippen molar-refractivity contribution in [2.24, 2.45) is 0 Å². The van der Waals surface area contributed by atoms with Gasteiger partial charge in [0.1, 0.15) is 5.82 Å². The van der Waals surface area contributed by atoms with E-state index < -0.39 is 0 Å². The SMILES string of the molecule is CCCc1cc(=O)n2[nH]c(C(C)(C)CC)nc2c1. The Morgan fingerprint density at radius 2 is 2.06 bits per heavy atom. The van der Waals surface area contributed by atoms with E-state index in [2.05, 4.69) is 37.8 Å². The van der Waals surface area contributed by atoms with Gasteiger partial charge >= 0.3 is 0 Å². The van der Waals surface area contributed by atoms with Crippen LogP contribution in [0.3, 0.4) is 0 Å². The topological polar surface area (TPSA) is 50.2 Å². The summed E-state index contributed by atoms with van der Waals surface area (Å²) in [6.07, 6.45) is 2.93. The van der Waals surface area contributed by atoms with Crippen molar-refractivity contribution < 1.29 is 0 Å². The van der Waals surface area contributed by atoms with Gasteiger partial charge < -0.3 is 0 Å². The zero-order valence-corrected chi connectivity index (χ0v) is 11.6. The first kappa shape index (κ1) is 12.9. The highest BCUT2D eigenvalue weighted by atomic mass is 16.1. The number of aryl methyl sites for hydroxylation is 1. The first-order valence-electron chi connectivity index (χ1n) is 6.60. The van der Waals surface area contributed by atoms with E-state index in [0.29, 0.717) is 0 Å². The molecule has 0 radical (unpaired) electrons. The first-order chi connectivity index (χ1) is 8.47. The Morgan fingerprint density at radius 1 is 1.33 bits per heavy atom. The Balaban J connectivity index is 2.58. The summed E-state index contributed by atoms with van der Waals surface area (Å²) in [4.78, 5) is 16.6. The maximum absolute atomic E-state index is 12.0. The van der Waals surface area contributed by atoms with Crippen molar-refractivity contribution >= 4 is 5.65 Å². The van der Waals surface area contributed by atoms with Gasteiger partial charge in [-0.1, -0.05) is 34.1 Å². The van der Waals surface area contributed by atoms with Crippen LogP contribution in [0.4, 0.5) is 0 Å². The number of nitrogens with one attached hydrogen (secondary N) is 1. The van der Waals surface area contributed by atoms with Gasteiger partial charge in [0, 0.05) is 11.5 Å². The smallest absolute Gasteiger partial charge is 0.271 e. The van der Waals surface area contributed by atoms with Gasteiger partial charge in [-0.3, -0.25) is 9.89 Å². The second-order valence-corrected chi connectivity index (χ2v) is 5.46. The summed E-state index contributed by atoms with van der Waals surface area (Å²) >= 11 is 0. The maximum atomic E-state index is 12.0. The Kier molecular flexibility index (Phi) is 3.28. The van der Waals surface area contributed by atoms with Crippen LogP contribution in [0.25, 0.3) is 5.65 Å². The summed E-state index contributed by atoms with van der Waals surface area (Å²) in [5.41, 5.74) is 1.72. The molecule has 2 aromatic heterocycles. The predicted octanol–water partition coefficient (Wildman–Crippen LogP) is 2.66. The molecule has 0 aliphatic rings. The summed E-state index contributed by atoms with van der Waals surface area (Å²) in [5, 5.41) is 3.12. The number of pyridine rings is 1. The molecule has 0 unspecified atom stereocenters. The van der Waals surface area contributed by atoms with Crippen molar-refractivity contribution in [1.29, 1.82) is 0 Å². The van der Waals surface area contributed by atoms with Crippen LogP contribution in [0.2, 0.25) is 0 Å². The molecular weight excluding hydrogens is 226 g/mol. The fourth-order valence-electron chi connectivity index (χ4n) is 1.95. The second kappa shape index (κ2) is 4.59. The molecule has 4 heteroatoms. The molecule has 0 aliphatic carbocycles. The zero-order valence-electron chi connectivity index (χ0n) is 11.6. The molecule has 0 atom stereocenters. The minimum Gasteiger partial charge on any atom is -0.276 e. The average Bonchev–Trinajstić information content (AvgIpc) is 2.74. The Labute approximate surface area is 107 Å². The van der Waals surface area contributed by atoms with Crippen molar-refractivity contribution in [3.63, 3.8) is 0 Å². The third-order valence-corrected chi connectivity index (χ3v) is 3.58. The van der Waals surface area contributed by atoms with E-state index >= 15 is 0 Å². The van der Waals surface area contributed by atoms with Crippen LogP contribution in [0.15, 0.2) is 16.9 Å². The number of hydrogen-bond donors (Lipinski definition) is 1. The molecule has 18 heavy (non-hydrogen) atoms. The van der Waals surface area contributed by atoms with Crippen molar-refractivity contribution in [2.75, 3.05) is 0 Å². The highest BCUT2D eigenvalue weighted by molar-refractivity contribution is 5.41. The third-order valence-electron chi connectivity index (χ3n) is 3.58. The van der Waals surface area contributed by atoms with Gasteiger partial charge in [0.05, 0.1) is 0 Å². The van der Waals surface area contributed by atoms with Crippen LogP contribution in [0.5, 0.6) is 0 Å². The molecule has 0 aromatic carbocycles. The van der Waals surface area contributed by atoms with Gasteiger partial charge in [-0.25, -0.2) is 9.50 Å². The minimum absolute atomic E-state index is 0.0263. The molecule has 0 fully saturated rings. The summed E-state index contributed by atoms with van der Waals surface area (Å²) < 4.78 is 1.53. The molecule has 0 amide bonds. The zero-order chi connectivity index (χ0) is 13.3. The molecule has 0 spiro atoms. The number of hydrogen-bond acceptors (Lipinski definition) is 2. The van der Waals surface area contributed by atoms with E-state index in [1.54, 1.807) is 6.07 Å².